The highest BCUT2D eigenvalue weighted by atomic mass is 35.5. The van der Waals surface area contributed by atoms with Gasteiger partial charge < -0.3 is 39.9 Å². The molecule has 2 aromatic carbocycles. The van der Waals surface area contributed by atoms with E-state index in [1.807, 2.05) is 29.2 Å². The van der Waals surface area contributed by atoms with Crippen LogP contribution < -0.4 is 5.32 Å². The number of nitrogens with zero attached hydrogens (tertiary/aromatic N) is 5. The van der Waals surface area contributed by atoms with Crippen LogP contribution in [0.3, 0.4) is 0 Å². The first-order valence-electron chi connectivity index (χ1n) is 18.1. The summed E-state index contributed by atoms with van der Waals surface area (Å²) in [4.78, 5) is 61.6. The van der Waals surface area contributed by atoms with Gasteiger partial charge in [0.15, 0.2) is 6.10 Å². The highest BCUT2D eigenvalue weighted by Gasteiger charge is 2.36. The van der Waals surface area contributed by atoms with E-state index in [2.05, 4.69) is 15.1 Å². The number of piperidine rings is 2. The summed E-state index contributed by atoms with van der Waals surface area (Å²) in [7, 11) is 0. The minimum Gasteiger partial charge on any atom is -0.506 e. The van der Waals surface area contributed by atoms with E-state index in [9.17, 15) is 24.3 Å². The van der Waals surface area contributed by atoms with Gasteiger partial charge in [0, 0.05) is 89.6 Å². The van der Waals surface area contributed by atoms with Crippen molar-refractivity contribution in [3.8, 4) is 5.75 Å². The van der Waals surface area contributed by atoms with Gasteiger partial charge in [0.2, 0.25) is 0 Å². The van der Waals surface area contributed by atoms with Crippen LogP contribution in [0.4, 0.5) is 15.3 Å². The molecule has 13 nitrogen and oxygen atoms in total. The molecule has 1 atom stereocenters. The van der Waals surface area contributed by atoms with Gasteiger partial charge in [-0.3, -0.25) is 14.5 Å². The molecule has 3 fully saturated rings. The van der Waals surface area contributed by atoms with Crippen LogP contribution in [0.2, 0.25) is 5.02 Å². The molecule has 3 saturated heterocycles. The van der Waals surface area contributed by atoms with Gasteiger partial charge in [0.05, 0.1) is 11.4 Å². The van der Waals surface area contributed by atoms with E-state index in [1.54, 1.807) is 28.9 Å². The largest absolute Gasteiger partial charge is 0.506 e. The highest BCUT2D eigenvalue weighted by Crippen LogP contribution is 2.30. The fourth-order valence-corrected chi connectivity index (χ4v) is 8.16. The van der Waals surface area contributed by atoms with Crippen LogP contribution in [0.1, 0.15) is 48.8 Å². The standard InChI is InChI=1S/C37H49ClN6O7/c1-25-22-26(23-30(38)34(25)47)24-32(35(48)42-13-7-28(8-14-42)41-20-18-40(19-21-41)12-11-33(45)46)51-37(50)43-15-9-29(10-16-43)44-17-6-27-4-2-3-5-31(27)39-36(44)49/h2-5,22-23,28-29,32,47H,6-21,24H2,1H3,(H,39,49)(H,45,46)/t32-/m1/s1. The summed E-state index contributed by atoms with van der Waals surface area (Å²) < 4.78 is 6.02. The van der Waals surface area contributed by atoms with Crippen molar-refractivity contribution in [1.82, 2.24) is 24.5 Å². The second-order valence-corrected chi connectivity index (χ2v) is 14.6. The number of para-hydroxylation sites is 1. The number of carbonyl (C=O) groups is 4. The third-order valence-electron chi connectivity index (χ3n) is 10.9. The second-order valence-electron chi connectivity index (χ2n) is 14.1. The van der Waals surface area contributed by atoms with Crippen LogP contribution in [0.5, 0.6) is 5.75 Å². The third kappa shape index (κ3) is 9.06. The van der Waals surface area contributed by atoms with Crippen LogP contribution in [0, 0.1) is 6.92 Å². The van der Waals surface area contributed by atoms with Crippen molar-refractivity contribution in [3.63, 3.8) is 0 Å². The van der Waals surface area contributed by atoms with E-state index in [4.69, 9.17) is 21.4 Å². The van der Waals surface area contributed by atoms with Crippen LogP contribution in [0.15, 0.2) is 36.4 Å². The zero-order valence-electron chi connectivity index (χ0n) is 29.3. The van der Waals surface area contributed by atoms with Crippen molar-refractivity contribution in [3.05, 3.63) is 58.1 Å². The molecule has 0 unspecified atom stereocenters. The number of benzene rings is 2. The van der Waals surface area contributed by atoms with Crippen LogP contribution in [-0.4, -0.2) is 142 Å². The number of halogens is 1. The Morgan fingerprint density at radius 2 is 1.59 bits per heavy atom. The SMILES string of the molecule is Cc1cc(C[C@@H](OC(=O)N2CCC(N3CCc4ccccc4NC3=O)CC2)C(=O)N2CCC(N3CCN(CCC(=O)O)CC3)CC2)cc(Cl)c1O. The first-order chi connectivity index (χ1) is 24.5. The number of carbonyl (C=O) groups excluding carboxylic acids is 3. The van der Waals surface area contributed by atoms with Crippen LogP contribution in [-0.2, 0) is 27.2 Å². The number of aromatic hydroxyl groups is 1. The molecular weight excluding hydrogens is 676 g/mol. The Balaban J connectivity index is 1.05. The fraction of sp³-hybridized carbons (Fsp3) is 0.568. The number of carboxylic acid groups (broad SMARTS) is 1. The monoisotopic (exact) mass is 724 g/mol. The Labute approximate surface area is 304 Å². The summed E-state index contributed by atoms with van der Waals surface area (Å²) in [6, 6.07) is 11.4. The maximum Gasteiger partial charge on any atom is 0.410 e. The van der Waals surface area contributed by atoms with Gasteiger partial charge in [-0.25, -0.2) is 9.59 Å². The summed E-state index contributed by atoms with van der Waals surface area (Å²) in [6.07, 6.45) is 2.20. The minimum absolute atomic E-state index is 0.0167. The van der Waals surface area contributed by atoms with E-state index < -0.39 is 18.2 Å². The molecule has 0 aliphatic carbocycles. The van der Waals surface area contributed by atoms with Gasteiger partial charge in [-0.05, 0) is 67.9 Å². The summed E-state index contributed by atoms with van der Waals surface area (Å²) >= 11 is 6.29. The zero-order chi connectivity index (χ0) is 36.1. The number of urea groups is 1. The number of rotatable bonds is 9. The number of hydrogen-bond donors (Lipinski definition) is 3. The predicted molar refractivity (Wildman–Crippen MR) is 192 cm³/mol. The Bertz CT molecular complexity index is 1560. The van der Waals surface area contributed by atoms with Crippen LogP contribution >= 0.6 is 11.6 Å². The molecule has 2 aromatic rings. The lowest BCUT2D eigenvalue weighted by molar-refractivity contribution is -0.143. The number of hydrogen-bond acceptors (Lipinski definition) is 8. The molecule has 0 bridgehead atoms. The lowest BCUT2D eigenvalue weighted by Crippen LogP contribution is -2.55. The number of anilines is 1. The van der Waals surface area contributed by atoms with Gasteiger partial charge >= 0.3 is 18.1 Å². The molecule has 51 heavy (non-hydrogen) atoms. The van der Waals surface area contributed by atoms with Crippen molar-refractivity contribution >= 4 is 41.3 Å². The van der Waals surface area contributed by atoms with Crippen LogP contribution in [0.25, 0.3) is 0 Å². The average molecular weight is 725 g/mol. The molecule has 4 amide bonds. The second kappa shape index (κ2) is 16.5. The molecule has 14 heteroatoms. The summed E-state index contributed by atoms with van der Waals surface area (Å²) in [6.45, 7) is 8.18. The van der Waals surface area contributed by atoms with Crippen molar-refractivity contribution in [2.24, 2.45) is 0 Å². The van der Waals surface area contributed by atoms with E-state index in [0.717, 1.165) is 56.7 Å². The molecule has 0 saturated carbocycles. The maximum absolute atomic E-state index is 14.1. The van der Waals surface area contributed by atoms with Crippen molar-refractivity contribution in [2.45, 2.75) is 70.1 Å². The molecule has 0 spiro atoms. The van der Waals surface area contributed by atoms with Gasteiger partial charge in [-0.15, -0.1) is 0 Å². The average Bonchev–Trinajstić information content (AvgIpc) is 3.30. The van der Waals surface area contributed by atoms with Gasteiger partial charge in [-0.2, -0.15) is 0 Å². The van der Waals surface area contributed by atoms with Crippen molar-refractivity contribution < 1.29 is 34.1 Å². The van der Waals surface area contributed by atoms with Crippen molar-refractivity contribution in [1.29, 1.82) is 0 Å². The lowest BCUT2D eigenvalue weighted by atomic mass is 9.99. The van der Waals surface area contributed by atoms with E-state index in [1.165, 1.54) is 0 Å². The molecule has 4 heterocycles. The quantitative estimate of drug-likeness (QED) is 0.349. The highest BCUT2D eigenvalue weighted by molar-refractivity contribution is 6.32. The number of piperazine rings is 1. The van der Waals surface area contributed by atoms with E-state index >= 15 is 0 Å². The molecule has 6 rings (SSSR count). The Morgan fingerprint density at radius 1 is 0.922 bits per heavy atom. The summed E-state index contributed by atoms with van der Waals surface area (Å²) in [5.74, 6) is -1.05. The fourth-order valence-electron chi connectivity index (χ4n) is 7.87. The number of fused-ring (bicyclic) bond motifs is 1. The van der Waals surface area contributed by atoms with E-state index in [-0.39, 0.29) is 41.6 Å². The normalized spacial score (nSPS) is 20.4. The molecule has 276 valence electrons. The maximum atomic E-state index is 14.1. The first-order valence-corrected chi connectivity index (χ1v) is 18.5. The van der Waals surface area contributed by atoms with Gasteiger partial charge in [0.1, 0.15) is 5.75 Å². The zero-order valence-corrected chi connectivity index (χ0v) is 30.0. The third-order valence-corrected chi connectivity index (χ3v) is 11.2. The Morgan fingerprint density at radius 3 is 2.27 bits per heavy atom. The number of phenolic OH excluding ortho intramolecular Hbond substituents is 1. The number of nitrogens with one attached hydrogen (secondary N) is 1. The Hall–Kier alpha value is -4.07. The number of amides is 4. The van der Waals surface area contributed by atoms with E-state index in [0.29, 0.717) is 69.3 Å². The topological polar surface area (TPSA) is 146 Å². The minimum atomic E-state index is -1.07. The number of likely N-dealkylation sites (tertiary alicyclic amines) is 2. The lowest BCUT2D eigenvalue weighted by Gasteiger charge is -2.43. The molecule has 4 aliphatic rings. The number of carboxylic acids is 1. The smallest absolute Gasteiger partial charge is 0.410 e. The van der Waals surface area contributed by atoms with Gasteiger partial charge in [-0.1, -0.05) is 35.9 Å². The number of phenols is 1. The molecule has 0 aromatic heterocycles. The first kappa shape index (κ1) is 36.7. The molecule has 3 N–H and O–H groups in total. The molecule has 4 aliphatic heterocycles. The van der Waals surface area contributed by atoms with Gasteiger partial charge in [0.25, 0.3) is 5.91 Å². The molecular formula is C37H49ClN6O7. The van der Waals surface area contributed by atoms with Crippen molar-refractivity contribution in [2.75, 3.05) is 70.8 Å². The summed E-state index contributed by atoms with van der Waals surface area (Å²) in [5, 5.41) is 22.4. The Kier molecular flexibility index (Phi) is 11.9. The summed E-state index contributed by atoms with van der Waals surface area (Å²) in [5.41, 5.74) is 3.20. The predicted octanol–water partition coefficient (Wildman–Crippen LogP) is 4.04. The number of ether oxygens (including phenoxy) is 1. The molecule has 0 radical (unpaired) electrons. The number of aliphatic carboxylic acids is 1. The number of aryl methyl sites for hydroxylation is 1.